The molecule has 4 rings (SSSR count). The number of carbonyl (C=O) groups excluding carboxylic acids is 2. The number of nitrogens with one attached hydrogen (secondary N) is 1. The van der Waals surface area contributed by atoms with Crippen molar-refractivity contribution in [2.45, 2.75) is 58.4 Å². The SMILES string of the molecule is CC(C)C(=O)Nc1nc(CC(=O)N2CCCC(c3nnc4n3CCC4)C2)cs1. The Morgan fingerprint density at radius 3 is 2.96 bits per heavy atom. The van der Waals surface area contributed by atoms with Gasteiger partial charge in [0.05, 0.1) is 12.1 Å². The quantitative estimate of drug-likeness (QED) is 0.828. The van der Waals surface area contributed by atoms with Crippen LogP contribution in [0.3, 0.4) is 0 Å². The van der Waals surface area contributed by atoms with Gasteiger partial charge in [0, 0.05) is 43.3 Å². The van der Waals surface area contributed by atoms with Gasteiger partial charge in [-0.1, -0.05) is 13.8 Å². The van der Waals surface area contributed by atoms with Gasteiger partial charge >= 0.3 is 0 Å². The van der Waals surface area contributed by atoms with Gasteiger partial charge in [0.15, 0.2) is 5.13 Å². The Labute approximate surface area is 168 Å². The summed E-state index contributed by atoms with van der Waals surface area (Å²) in [6, 6.07) is 0. The van der Waals surface area contributed by atoms with Crippen LogP contribution < -0.4 is 5.32 Å². The first-order valence-electron chi connectivity index (χ1n) is 9.96. The first-order chi connectivity index (χ1) is 13.5. The number of fused-ring (bicyclic) bond motifs is 1. The number of nitrogens with zero attached hydrogens (tertiary/aromatic N) is 5. The summed E-state index contributed by atoms with van der Waals surface area (Å²) in [7, 11) is 0. The summed E-state index contributed by atoms with van der Waals surface area (Å²) in [5, 5.41) is 13.9. The number of rotatable bonds is 5. The predicted octanol–water partition coefficient (Wildman–Crippen LogP) is 2.22. The number of anilines is 1. The highest BCUT2D eigenvalue weighted by molar-refractivity contribution is 7.13. The van der Waals surface area contributed by atoms with E-state index in [4.69, 9.17) is 0 Å². The average molecular weight is 403 g/mol. The molecule has 28 heavy (non-hydrogen) atoms. The fourth-order valence-corrected chi connectivity index (χ4v) is 4.56. The second kappa shape index (κ2) is 7.98. The molecule has 0 radical (unpaired) electrons. The summed E-state index contributed by atoms with van der Waals surface area (Å²) < 4.78 is 2.24. The van der Waals surface area contributed by atoms with E-state index in [1.807, 2.05) is 24.1 Å². The number of hydrogen-bond donors (Lipinski definition) is 1. The minimum Gasteiger partial charge on any atom is -0.342 e. The standard InChI is InChI=1S/C19H26N6O2S/c1-12(2)18(27)21-19-20-14(11-28-19)9-16(26)24-7-3-5-13(10-24)17-23-22-15-6-4-8-25(15)17/h11-13H,3-10H2,1-2H3,(H,20,21,27). The maximum Gasteiger partial charge on any atom is 0.228 e. The molecule has 0 saturated carbocycles. The lowest BCUT2D eigenvalue weighted by molar-refractivity contribution is -0.131. The van der Waals surface area contributed by atoms with Crippen molar-refractivity contribution in [3.8, 4) is 0 Å². The summed E-state index contributed by atoms with van der Waals surface area (Å²) in [6.45, 7) is 6.14. The van der Waals surface area contributed by atoms with Crippen molar-refractivity contribution in [3.05, 3.63) is 22.7 Å². The van der Waals surface area contributed by atoms with Crippen molar-refractivity contribution in [1.82, 2.24) is 24.6 Å². The summed E-state index contributed by atoms with van der Waals surface area (Å²) in [5.41, 5.74) is 0.708. The number of piperidine rings is 1. The van der Waals surface area contributed by atoms with Crippen LogP contribution in [0, 0.1) is 5.92 Å². The van der Waals surface area contributed by atoms with E-state index >= 15 is 0 Å². The molecular weight excluding hydrogens is 376 g/mol. The molecule has 1 unspecified atom stereocenters. The van der Waals surface area contributed by atoms with Gasteiger partial charge in [-0.05, 0) is 19.3 Å². The van der Waals surface area contributed by atoms with Crippen LogP contribution in [0.4, 0.5) is 5.13 Å². The Morgan fingerprint density at radius 2 is 2.14 bits per heavy atom. The van der Waals surface area contributed by atoms with Crippen LogP contribution in [0.5, 0.6) is 0 Å². The lowest BCUT2D eigenvalue weighted by Crippen LogP contribution is -2.40. The largest absolute Gasteiger partial charge is 0.342 e. The van der Waals surface area contributed by atoms with E-state index in [0.29, 0.717) is 17.4 Å². The van der Waals surface area contributed by atoms with Gasteiger partial charge in [-0.2, -0.15) is 0 Å². The van der Waals surface area contributed by atoms with Gasteiger partial charge in [-0.25, -0.2) is 4.98 Å². The smallest absolute Gasteiger partial charge is 0.228 e. The molecule has 2 aliphatic rings. The molecule has 2 aromatic rings. The summed E-state index contributed by atoms with van der Waals surface area (Å²) in [4.78, 5) is 30.9. The molecule has 1 saturated heterocycles. The van der Waals surface area contributed by atoms with Gasteiger partial charge in [-0.3, -0.25) is 9.59 Å². The van der Waals surface area contributed by atoms with Crippen molar-refractivity contribution in [2.24, 2.45) is 5.92 Å². The van der Waals surface area contributed by atoms with Crippen LogP contribution in [-0.2, 0) is 29.0 Å². The number of likely N-dealkylation sites (tertiary alicyclic amines) is 1. The summed E-state index contributed by atoms with van der Waals surface area (Å²) >= 11 is 1.36. The molecule has 4 heterocycles. The molecule has 8 nitrogen and oxygen atoms in total. The highest BCUT2D eigenvalue weighted by Gasteiger charge is 2.30. The Kier molecular flexibility index (Phi) is 5.43. The normalized spacial score (nSPS) is 19.1. The van der Waals surface area contributed by atoms with Crippen LogP contribution >= 0.6 is 11.3 Å². The molecule has 2 aromatic heterocycles. The second-order valence-corrected chi connectivity index (χ2v) is 8.73. The Hall–Kier alpha value is -2.29. The second-order valence-electron chi connectivity index (χ2n) is 7.87. The average Bonchev–Trinajstić information content (AvgIpc) is 3.39. The van der Waals surface area contributed by atoms with Crippen molar-refractivity contribution in [1.29, 1.82) is 0 Å². The van der Waals surface area contributed by atoms with E-state index in [1.165, 1.54) is 11.3 Å². The van der Waals surface area contributed by atoms with Crippen molar-refractivity contribution >= 4 is 28.3 Å². The molecule has 0 spiro atoms. The predicted molar refractivity (Wildman–Crippen MR) is 106 cm³/mol. The van der Waals surface area contributed by atoms with E-state index in [-0.39, 0.29) is 30.1 Å². The van der Waals surface area contributed by atoms with Crippen LogP contribution in [0.25, 0.3) is 0 Å². The number of hydrogen-bond acceptors (Lipinski definition) is 6. The summed E-state index contributed by atoms with van der Waals surface area (Å²) in [6.07, 6.45) is 4.42. The van der Waals surface area contributed by atoms with E-state index in [0.717, 1.165) is 50.4 Å². The highest BCUT2D eigenvalue weighted by atomic mass is 32.1. The number of thiazole rings is 1. The highest BCUT2D eigenvalue weighted by Crippen LogP contribution is 2.29. The zero-order chi connectivity index (χ0) is 19.7. The van der Waals surface area contributed by atoms with Gasteiger partial charge in [0.1, 0.15) is 11.6 Å². The third-order valence-corrected chi connectivity index (χ3v) is 6.22. The minimum absolute atomic E-state index is 0.0630. The molecule has 150 valence electrons. The molecule has 2 amide bonds. The zero-order valence-corrected chi connectivity index (χ0v) is 17.2. The molecule has 0 bridgehead atoms. The molecule has 2 aliphatic heterocycles. The zero-order valence-electron chi connectivity index (χ0n) is 16.3. The molecular formula is C19H26N6O2S. The topological polar surface area (TPSA) is 93.0 Å². The van der Waals surface area contributed by atoms with Gasteiger partial charge < -0.3 is 14.8 Å². The number of aromatic nitrogens is 4. The molecule has 9 heteroatoms. The van der Waals surface area contributed by atoms with E-state index in [9.17, 15) is 9.59 Å². The monoisotopic (exact) mass is 402 g/mol. The first-order valence-corrected chi connectivity index (χ1v) is 10.8. The summed E-state index contributed by atoms with van der Waals surface area (Å²) in [5.74, 6) is 2.30. The number of aryl methyl sites for hydroxylation is 1. The Balaban J connectivity index is 1.37. The Morgan fingerprint density at radius 1 is 1.29 bits per heavy atom. The van der Waals surface area contributed by atoms with Gasteiger partial charge in [0.2, 0.25) is 11.8 Å². The number of carbonyl (C=O) groups is 2. The van der Waals surface area contributed by atoms with Crippen LogP contribution in [-0.4, -0.2) is 49.6 Å². The fourth-order valence-electron chi connectivity index (χ4n) is 3.85. The van der Waals surface area contributed by atoms with E-state index in [1.54, 1.807) is 0 Å². The minimum atomic E-state index is -0.0992. The van der Waals surface area contributed by atoms with Gasteiger partial charge in [-0.15, -0.1) is 21.5 Å². The van der Waals surface area contributed by atoms with E-state index < -0.39 is 0 Å². The van der Waals surface area contributed by atoms with Crippen molar-refractivity contribution in [3.63, 3.8) is 0 Å². The number of amides is 2. The van der Waals surface area contributed by atoms with Crippen LogP contribution in [0.2, 0.25) is 0 Å². The molecule has 0 aromatic carbocycles. The molecule has 1 atom stereocenters. The van der Waals surface area contributed by atoms with Crippen molar-refractivity contribution in [2.75, 3.05) is 18.4 Å². The third kappa shape index (κ3) is 3.94. The molecule has 1 fully saturated rings. The lowest BCUT2D eigenvalue weighted by atomic mass is 9.96. The van der Waals surface area contributed by atoms with Crippen LogP contribution in [0.15, 0.2) is 5.38 Å². The molecule has 0 aliphatic carbocycles. The Bertz CT molecular complexity index is 874. The first kappa shape index (κ1) is 19.0. The fraction of sp³-hybridized carbons (Fsp3) is 0.632. The van der Waals surface area contributed by atoms with Gasteiger partial charge in [0.25, 0.3) is 0 Å². The maximum absolute atomic E-state index is 12.8. The van der Waals surface area contributed by atoms with Crippen LogP contribution in [0.1, 0.15) is 56.4 Å². The maximum atomic E-state index is 12.8. The van der Waals surface area contributed by atoms with E-state index in [2.05, 4.69) is 25.1 Å². The molecule has 1 N–H and O–H groups in total. The lowest BCUT2D eigenvalue weighted by Gasteiger charge is -2.32. The van der Waals surface area contributed by atoms with Crippen molar-refractivity contribution < 1.29 is 9.59 Å². The third-order valence-electron chi connectivity index (χ3n) is 5.42.